The van der Waals surface area contributed by atoms with E-state index in [9.17, 15) is 28.1 Å². The number of thioether (sulfide) groups is 1. The minimum Gasteiger partial charge on any atom is -0.378 e. The first-order valence-electron chi connectivity index (χ1n) is 9.92. The van der Waals surface area contributed by atoms with Gasteiger partial charge in [-0.05, 0) is 53.7 Å². The minimum absolute atomic E-state index is 0.0614. The number of carbonyl (C=O) groups excluding carboxylic acids is 2. The molecule has 4 rings (SSSR count). The summed E-state index contributed by atoms with van der Waals surface area (Å²) in [7, 11) is -4.32. The highest BCUT2D eigenvalue weighted by Crippen LogP contribution is 2.35. The number of imide groups is 1. The van der Waals surface area contributed by atoms with Crippen LogP contribution in [0.15, 0.2) is 82.6 Å². The average Bonchev–Trinajstić information content (AvgIpc) is 3.09. The molecule has 0 atom stereocenters. The van der Waals surface area contributed by atoms with Crippen molar-refractivity contribution < 1.29 is 27.1 Å². The highest BCUT2D eigenvalue weighted by Gasteiger charge is 2.35. The molecule has 3 aromatic carbocycles. The van der Waals surface area contributed by atoms with E-state index in [4.69, 9.17) is 15.8 Å². The molecule has 1 saturated heterocycles. The van der Waals surface area contributed by atoms with E-state index >= 15 is 0 Å². The summed E-state index contributed by atoms with van der Waals surface area (Å²) in [6.45, 7) is 0.0614. The summed E-state index contributed by atoms with van der Waals surface area (Å²) in [5.74, 6) is -0.599. The Hall–Kier alpha value is -3.67. The molecule has 3 aromatic rings. The van der Waals surface area contributed by atoms with Crippen LogP contribution in [0.4, 0.5) is 10.5 Å². The van der Waals surface area contributed by atoms with E-state index in [1.54, 1.807) is 36.4 Å². The molecule has 0 spiro atoms. The molecule has 1 aliphatic rings. The van der Waals surface area contributed by atoms with Gasteiger partial charge < -0.3 is 4.18 Å². The third-order valence-corrected chi connectivity index (χ3v) is 7.28. The minimum atomic E-state index is -4.32. The normalized spacial score (nSPS) is 15.0. The molecule has 12 heteroatoms. The summed E-state index contributed by atoms with van der Waals surface area (Å²) in [4.78, 5) is 36.4. The zero-order valence-corrected chi connectivity index (χ0v) is 20.0. The molecule has 9 nitrogen and oxygen atoms in total. The lowest BCUT2D eigenvalue weighted by atomic mass is 10.2. The number of nitrogens with zero attached hydrogens (tertiary/aromatic N) is 2. The topological polar surface area (TPSA) is 124 Å². The van der Waals surface area contributed by atoms with Crippen molar-refractivity contribution in [2.45, 2.75) is 11.4 Å². The SMILES string of the molecule is O=C1S/C(=C\c2ccccc2OS(=O)(=O)c2ccc([N+](=O)[O-])cc2)C(=O)N1Cc1ccc(Cl)cc1. The number of nitro benzene ring substituents is 1. The lowest BCUT2D eigenvalue weighted by Gasteiger charge is -2.12. The number of hydrogen-bond donors (Lipinski definition) is 0. The molecule has 0 unspecified atom stereocenters. The Morgan fingerprint density at radius 1 is 1.00 bits per heavy atom. The highest BCUT2D eigenvalue weighted by molar-refractivity contribution is 8.18. The Morgan fingerprint density at radius 2 is 1.66 bits per heavy atom. The molecule has 0 radical (unpaired) electrons. The van der Waals surface area contributed by atoms with Gasteiger partial charge in [0.15, 0.2) is 0 Å². The monoisotopic (exact) mass is 530 g/mol. The summed E-state index contributed by atoms with van der Waals surface area (Å²) in [5, 5.41) is 10.9. The van der Waals surface area contributed by atoms with Crippen LogP contribution in [0.5, 0.6) is 5.75 Å². The number of nitro groups is 1. The second-order valence-electron chi connectivity index (χ2n) is 7.22. The van der Waals surface area contributed by atoms with E-state index < -0.39 is 26.2 Å². The Morgan fingerprint density at radius 3 is 2.31 bits per heavy atom. The highest BCUT2D eigenvalue weighted by atomic mass is 35.5. The molecule has 35 heavy (non-hydrogen) atoms. The molecule has 1 fully saturated rings. The van der Waals surface area contributed by atoms with E-state index in [0.717, 1.165) is 46.5 Å². The van der Waals surface area contributed by atoms with Gasteiger partial charge in [0.1, 0.15) is 10.6 Å². The molecule has 0 aliphatic carbocycles. The Labute approximate surface area is 209 Å². The molecule has 0 bridgehead atoms. The molecule has 0 aromatic heterocycles. The van der Waals surface area contributed by atoms with Crippen molar-refractivity contribution in [3.8, 4) is 5.75 Å². The maximum Gasteiger partial charge on any atom is 0.339 e. The largest absolute Gasteiger partial charge is 0.378 e. The third-order valence-electron chi connectivity index (χ3n) is 4.87. The van der Waals surface area contributed by atoms with Crippen LogP contribution in [0.1, 0.15) is 11.1 Å². The molecule has 0 saturated carbocycles. The van der Waals surface area contributed by atoms with Crippen molar-refractivity contribution in [2.75, 3.05) is 0 Å². The van der Waals surface area contributed by atoms with Gasteiger partial charge in [0.2, 0.25) is 0 Å². The number of benzene rings is 3. The summed E-state index contributed by atoms with van der Waals surface area (Å²) in [5.41, 5.74) is 0.713. The van der Waals surface area contributed by atoms with Crippen LogP contribution in [0.3, 0.4) is 0 Å². The van der Waals surface area contributed by atoms with Gasteiger partial charge >= 0.3 is 10.1 Å². The van der Waals surface area contributed by atoms with Crippen LogP contribution >= 0.6 is 23.4 Å². The van der Waals surface area contributed by atoms with Crippen molar-refractivity contribution in [3.63, 3.8) is 0 Å². The van der Waals surface area contributed by atoms with Crippen LogP contribution in [0.25, 0.3) is 6.08 Å². The molecular formula is C23H15ClN2O7S2. The standard InChI is InChI=1S/C23H15ClN2O7S2/c24-17-7-5-15(6-8-17)14-25-22(27)21(34-23(25)28)13-16-3-1-2-4-20(16)33-35(31,32)19-11-9-18(10-12-19)26(29)30/h1-13H,14H2/b21-13-. The maximum absolute atomic E-state index is 12.9. The zero-order valence-electron chi connectivity index (χ0n) is 17.7. The zero-order chi connectivity index (χ0) is 25.2. The van der Waals surface area contributed by atoms with Gasteiger partial charge in [-0.25, -0.2) is 0 Å². The number of non-ortho nitro benzene ring substituents is 1. The van der Waals surface area contributed by atoms with Crippen LogP contribution in [-0.4, -0.2) is 29.4 Å². The van der Waals surface area contributed by atoms with Crippen molar-refractivity contribution >= 4 is 56.4 Å². The van der Waals surface area contributed by atoms with E-state index in [1.165, 1.54) is 18.2 Å². The van der Waals surface area contributed by atoms with Crippen molar-refractivity contribution in [2.24, 2.45) is 0 Å². The van der Waals surface area contributed by atoms with Gasteiger partial charge in [-0.2, -0.15) is 8.42 Å². The summed E-state index contributed by atoms with van der Waals surface area (Å²) < 4.78 is 30.7. The lowest BCUT2D eigenvalue weighted by Crippen LogP contribution is -2.27. The molecule has 1 aliphatic heterocycles. The van der Waals surface area contributed by atoms with Gasteiger partial charge in [-0.1, -0.05) is 41.9 Å². The predicted molar refractivity (Wildman–Crippen MR) is 130 cm³/mol. The van der Waals surface area contributed by atoms with E-state index in [1.807, 2.05) is 0 Å². The van der Waals surface area contributed by atoms with Crippen LogP contribution in [0.2, 0.25) is 5.02 Å². The number of hydrogen-bond acceptors (Lipinski definition) is 8. The number of halogens is 1. The lowest BCUT2D eigenvalue weighted by molar-refractivity contribution is -0.384. The second-order valence-corrected chi connectivity index (χ2v) is 10.2. The van der Waals surface area contributed by atoms with Gasteiger partial charge in [0.25, 0.3) is 16.8 Å². The number of rotatable bonds is 7. The first-order chi connectivity index (χ1) is 16.6. The van der Waals surface area contributed by atoms with Gasteiger partial charge in [-0.3, -0.25) is 24.6 Å². The third kappa shape index (κ3) is 5.53. The molecule has 2 amide bonds. The molecule has 0 N–H and O–H groups in total. The molecule has 1 heterocycles. The quantitative estimate of drug-likeness (QED) is 0.175. The Bertz CT molecular complexity index is 1450. The fourth-order valence-electron chi connectivity index (χ4n) is 3.13. The second kappa shape index (κ2) is 9.90. The summed E-state index contributed by atoms with van der Waals surface area (Å²) in [6, 6.07) is 17.1. The van der Waals surface area contributed by atoms with Crippen LogP contribution < -0.4 is 4.18 Å². The van der Waals surface area contributed by atoms with Crippen molar-refractivity contribution in [3.05, 3.63) is 104 Å². The van der Waals surface area contributed by atoms with Crippen LogP contribution in [-0.2, 0) is 21.5 Å². The molecule has 178 valence electrons. The van der Waals surface area contributed by atoms with Gasteiger partial charge in [-0.15, -0.1) is 0 Å². The maximum atomic E-state index is 12.9. The van der Waals surface area contributed by atoms with E-state index in [2.05, 4.69) is 0 Å². The van der Waals surface area contributed by atoms with Crippen molar-refractivity contribution in [1.29, 1.82) is 0 Å². The van der Waals surface area contributed by atoms with Gasteiger partial charge in [0, 0.05) is 22.7 Å². The first-order valence-corrected chi connectivity index (χ1v) is 12.5. The van der Waals surface area contributed by atoms with Crippen LogP contribution in [0, 0.1) is 10.1 Å². The Balaban J connectivity index is 1.57. The first kappa shape index (κ1) is 24.5. The van der Waals surface area contributed by atoms with E-state index in [0.29, 0.717) is 5.02 Å². The van der Waals surface area contributed by atoms with E-state index in [-0.39, 0.29) is 33.3 Å². The molecular weight excluding hydrogens is 516 g/mol. The smallest absolute Gasteiger partial charge is 0.339 e. The van der Waals surface area contributed by atoms with Gasteiger partial charge in [0.05, 0.1) is 16.4 Å². The summed E-state index contributed by atoms with van der Waals surface area (Å²) >= 11 is 6.61. The Kier molecular flexibility index (Phi) is 6.92. The number of carbonyl (C=O) groups is 2. The fourth-order valence-corrected chi connectivity index (χ4v) is 5.04. The number of amides is 2. The number of para-hydroxylation sites is 1. The average molecular weight is 531 g/mol. The summed E-state index contributed by atoms with van der Waals surface area (Å²) in [6.07, 6.45) is 1.38. The predicted octanol–water partition coefficient (Wildman–Crippen LogP) is 5.25. The van der Waals surface area contributed by atoms with Crippen molar-refractivity contribution in [1.82, 2.24) is 4.90 Å². The fraction of sp³-hybridized carbons (Fsp3) is 0.0435.